The van der Waals surface area contributed by atoms with Gasteiger partial charge in [0, 0.05) is 0 Å². The van der Waals surface area contributed by atoms with Crippen LogP contribution in [0.1, 0.15) is 21.8 Å². The number of thiophene rings is 1. The third-order valence-electron chi connectivity index (χ3n) is 3.80. The van der Waals surface area contributed by atoms with Gasteiger partial charge in [0.05, 0.1) is 15.5 Å². The van der Waals surface area contributed by atoms with Crippen LogP contribution in [0.3, 0.4) is 0 Å². The Morgan fingerprint density at radius 1 is 1.35 bits per heavy atom. The highest BCUT2D eigenvalue weighted by molar-refractivity contribution is 7.13. The van der Waals surface area contributed by atoms with Gasteiger partial charge in [-0.05, 0) is 30.5 Å². The maximum absolute atomic E-state index is 12.4. The predicted octanol–water partition coefficient (Wildman–Crippen LogP) is 4.49. The van der Waals surface area contributed by atoms with E-state index in [1.165, 1.54) is 17.4 Å². The average Bonchev–Trinajstić information content (AvgIpc) is 3.29. The Bertz CT molecular complexity index is 951. The Morgan fingerprint density at radius 2 is 2.19 bits per heavy atom. The Labute approximate surface area is 158 Å². The fraction of sp³-hybridized carbons (Fsp3) is 0.222. The first-order valence-corrected chi connectivity index (χ1v) is 9.14. The second-order valence-electron chi connectivity index (χ2n) is 5.56. The molecule has 0 saturated carbocycles. The fourth-order valence-electron chi connectivity index (χ4n) is 2.51. The molecule has 0 atom stereocenters. The van der Waals surface area contributed by atoms with Crippen molar-refractivity contribution in [2.45, 2.75) is 13.5 Å². The van der Waals surface area contributed by atoms with Gasteiger partial charge in [-0.25, -0.2) is 9.78 Å². The molecule has 8 heteroatoms. The number of oxazole rings is 1. The first-order chi connectivity index (χ1) is 12.6. The van der Waals surface area contributed by atoms with Crippen LogP contribution in [0.25, 0.3) is 10.8 Å². The molecule has 0 saturated heterocycles. The number of aryl methyl sites for hydroxylation is 1. The number of carbonyl (C=O) groups is 1. The Morgan fingerprint density at radius 3 is 3.00 bits per heavy atom. The van der Waals surface area contributed by atoms with Gasteiger partial charge in [-0.1, -0.05) is 17.7 Å². The Hall–Kier alpha value is -2.51. The fourth-order valence-corrected chi connectivity index (χ4v) is 3.43. The molecule has 0 unspecified atom stereocenters. The third kappa shape index (κ3) is 3.27. The molecule has 0 spiro atoms. The number of carbonyl (C=O) groups excluding carboxylic acids is 1. The normalized spacial score (nSPS) is 12.8. The van der Waals surface area contributed by atoms with E-state index in [1.54, 1.807) is 13.0 Å². The molecular formula is C18H14ClNO5S. The summed E-state index contributed by atoms with van der Waals surface area (Å²) in [5, 5.41) is 2.26. The molecule has 1 aliphatic heterocycles. The molecule has 3 aromatic rings. The monoisotopic (exact) mass is 391 g/mol. The molecule has 2 aromatic heterocycles. The van der Waals surface area contributed by atoms with E-state index < -0.39 is 5.97 Å². The van der Waals surface area contributed by atoms with Gasteiger partial charge < -0.3 is 18.6 Å². The third-order valence-corrected chi connectivity index (χ3v) is 4.94. The quantitative estimate of drug-likeness (QED) is 0.610. The number of hydrogen-bond donors (Lipinski definition) is 0. The van der Waals surface area contributed by atoms with E-state index in [9.17, 15) is 4.79 Å². The average molecular weight is 392 g/mol. The smallest absolute Gasteiger partial charge is 0.338 e. The number of halogens is 1. The zero-order chi connectivity index (χ0) is 18.1. The van der Waals surface area contributed by atoms with Crippen LogP contribution in [0.4, 0.5) is 0 Å². The van der Waals surface area contributed by atoms with Crippen molar-refractivity contribution in [1.82, 2.24) is 4.98 Å². The highest BCUT2D eigenvalue weighted by Gasteiger charge is 2.21. The van der Waals surface area contributed by atoms with Crippen molar-refractivity contribution in [1.29, 1.82) is 0 Å². The molecule has 1 aromatic carbocycles. The van der Waals surface area contributed by atoms with Gasteiger partial charge in [0.15, 0.2) is 11.5 Å². The number of aromatic nitrogens is 1. The molecule has 1 aliphatic rings. The summed E-state index contributed by atoms with van der Waals surface area (Å²) in [6.07, 6.45) is 0. The first-order valence-electron chi connectivity index (χ1n) is 7.88. The van der Waals surface area contributed by atoms with Gasteiger partial charge >= 0.3 is 5.97 Å². The van der Waals surface area contributed by atoms with E-state index >= 15 is 0 Å². The molecule has 4 rings (SSSR count). The molecule has 3 heterocycles. The lowest BCUT2D eigenvalue weighted by Gasteiger charge is -2.19. The number of esters is 1. The van der Waals surface area contributed by atoms with Gasteiger partial charge in [0.25, 0.3) is 0 Å². The van der Waals surface area contributed by atoms with Crippen molar-refractivity contribution in [3.05, 3.63) is 51.7 Å². The molecule has 0 N–H and O–H groups in total. The number of benzene rings is 1. The minimum Gasteiger partial charge on any atom is -0.486 e. The van der Waals surface area contributed by atoms with Crippen LogP contribution < -0.4 is 9.47 Å². The van der Waals surface area contributed by atoms with Gasteiger partial charge in [-0.2, -0.15) is 0 Å². The van der Waals surface area contributed by atoms with E-state index in [2.05, 4.69) is 4.98 Å². The predicted molar refractivity (Wildman–Crippen MR) is 96.1 cm³/mol. The summed E-state index contributed by atoms with van der Waals surface area (Å²) < 4.78 is 21.9. The molecular weight excluding hydrogens is 378 g/mol. The summed E-state index contributed by atoms with van der Waals surface area (Å²) in [6.45, 7) is 2.62. The van der Waals surface area contributed by atoms with Crippen molar-refractivity contribution >= 4 is 28.9 Å². The van der Waals surface area contributed by atoms with Crippen molar-refractivity contribution in [2.24, 2.45) is 0 Å². The zero-order valence-electron chi connectivity index (χ0n) is 13.8. The SMILES string of the molecule is Cc1oc(-c2cccs2)nc1COC(=O)c1cc(Cl)c2c(c1)OCCO2. The Kier molecular flexibility index (Phi) is 4.57. The highest BCUT2D eigenvalue weighted by atomic mass is 35.5. The standard InChI is InChI=1S/C18H14ClNO5S/c1-10-13(20-17(25-10)15-3-2-6-26-15)9-24-18(21)11-7-12(19)16-14(8-11)22-4-5-23-16/h2-3,6-8H,4-5,9H2,1H3. The second kappa shape index (κ2) is 7.01. The number of ether oxygens (including phenoxy) is 3. The van der Waals surface area contributed by atoms with Crippen molar-refractivity contribution in [3.63, 3.8) is 0 Å². The van der Waals surface area contributed by atoms with Crippen molar-refractivity contribution in [2.75, 3.05) is 13.2 Å². The second-order valence-corrected chi connectivity index (χ2v) is 6.91. The van der Waals surface area contributed by atoms with Crippen LogP contribution in [-0.4, -0.2) is 24.2 Å². The van der Waals surface area contributed by atoms with Crippen molar-refractivity contribution in [3.8, 4) is 22.3 Å². The lowest BCUT2D eigenvalue weighted by Crippen LogP contribution is -2.16. The summed E-state index contributed by atoms with van der Waals surface area (Å²) in [7, 11) is 0. The van der Waals surface area contributed by atoms with Gasteiger partial charge in [-0.15, -0.1) is 11.3 Å². The van der Waals surface area contributed by atoms with E-state index in [-0.39, 0.29) is 6.61 Å². The molecule has 0 fully saturated rings. The van der Waals surface area contributed by atoms with Gasteiger partial charge in [-0.3, -0.25) is 0 Å². The summed E-state index contributed by atoms with van der Waals surface area (Å²) in [5.74, 6) is 1.49. The maximum Gasteiger partial charge on any atom is 0.338 e. The summed E-state index contributed by atoms with van der Waals surface area (Å²) >= 11 is 7.68. The molecule has 0 bridgehead atoms. The van der Waals surface area contributed by atoms with E-state index in [0.29, 0.717) is 52.6 Å². The number of hydrogen-bond acceptors (Lipinski definition) is 7. The van der Waals surface area contributed by atoms with Crippen molar-refractivity contribution < 1.29 is 23.4 Å². The van der Waals surface area contributed by atoms with Gasteiger partial charge in [0.1, 0.15) is 31.3 Å². The van der Waals surface area contributed by atoms with Crippen LogP contribution in [0.2, 0.25) is 5.02 Å². The number of rotatable bonds is 4. The number of fused-ring (bicyclic) bond motifs is 1. The Balaban J connectivity index is 1.48. The largest absolute Gasteiger partial charge is 0.486 e. The molecule has 0 aliphatic carbocycles. The molecule has 26 heavy (non-hydrogen) atoms. The first kappa shape index (κ1) is 16.9. The minimum atomic E-state index is -0.524. The molecule has 0 radical (unpaired) electrons. The summed E-state index contributed by atoms with van der Waals surface area (Å²) in [4.78, 5) is 17.7. The van der Waals surface area contributed by atoms with Crippen LogP contribution in [0, 0.1) is 6.92 Å². The molecule has 0 amide bonds. The van der Waals surface area contributed by atoms with E-state index in [1.807, 2.05) is 17.5 Å². The van der Waals surface area contributed by atoms with Crippen LogP contribution in [0.15, 0.2) is 34.1 Å². The maximum atomic E-state index is 12.4. The summed E-state index contributed by atoms with van der Waals surface area (Å²) in [5.41, 5.74) is 0.865. The molecule has 134 valence electrons. The highest BCUT2D eigenvalue weighted by Crippen LogP contribution is 2.38. The van der Waals surface area contributed by atoms with E-state index in [0.717, 1.165) is 4.88 Å². The summed E-state index contributed by atoms with van der Waals surface area (Å²) in [6, 6.07) is 6.91. The van der Waals surface area contributed by atoms with Crippen LogP contribution in [0.5, 0.6) is 11.5 Å². The topological polar surface area (TPSA) is 70.8 Å². The zero-order valence-corrected chi connectivity index (χ0v) is 15.4. The number of nitrogens with zero attached hydrogens (tertiary/aromatic N) is 1. The van der Waals surface area contributed by atoms with Gasteiger partial charge in [0.2, 0.25) is 5.89 Å². The molecule has 6 nitrogen and oxygen atoms in total. The lowest BCUT2D eigenvalue weighted by molar-refractivity contribution is 0.0466. The minimum absolute atomic E-state index is 0.00556. The lowest BCUT2D eigenvalue weighted by atomic mass is 10.2. The van der Waals surface area contributed by atoms with Crippen LogP contribution in [-0.2, 0) is 11.3 Å². The van der Waals surface area contributed by atoms with Crippen LogP contribution >= 0.6 is 22.9 Å². The van der Waals surface area contributed by atoms with E-state index in [4.69, 9.17) is 30.2 Å².